The number of amides is 1. The van der Waals surface area contributed by atoms with Gasteiger partial charge in [-0.25, -0.2) is 0 Å². The van der Waals surface area contributed by atoms with Crippen molar-refractivity contribution in [3.63, 3.8) is 0 Å². The Bertz CT molecular complexity index is 371. The summed E-state index contributed by atoms with van der Waals surface area (Å²) >= 11 is 0. The van der Waals surface area contributed by atoms with Gasteiger partial charge in [0, 0.05) is 24.7 Å². The van der Waals surface area contributed by atoms with Crippen molar-refractivity contribution in [2.75, 3.05) is 13.1 Å². The minimum Gasteiger partial charge on any atom is -0.481 e. The second kappa shape index (κ2) is 7.28. The molecule has 1 heterocycles. The number of carbonyl (C=O) groups excluding carboxylic acids is 1. The van der Waals surface area contributed by atoms with Crippen molar-refractivity contribution in [1.29, 1.82) is 0 Å². The first-order valence-electron chi connectivity index (χ1n) is 6.84. The van der Waals surface area contributed by atoms with Gasteiger partial charge in [-0.05, 0) is 32.3 Å². The molecule has 0 aromatic carbocycles. The first-order chi connectivity index (χ1) is 8.91. The Morgan fingerprint density at radius 1 is 1.32 bits per heavy atom. The summed E-state index contributed by atoms with van der Waals surface area (Å²) in [4.78, 5) is 22.6. The third-order valence-corrected chi connectivity index (χ3v) is 3.62. The highest BCUT2D eigenvalue weighted by atomic mass is 16.4. The predicted octanol–water partition coefficient (Wildman–Crippen LogP) is 1.30. The summed E-state index contributed by atoms with van der Waals surface area (Å²) in [6, 6.07) is 0.0806. The molecule has 2 unspecified atom stereocenters. The molecule has 5 nitrogen and oxygen atoms in total. The van der Waals surface area contributed by atoms with Crippen LogP contribution in [0, 0.1) is 5.92 Å². The molecule has 0 aliphatic carbocycles. The van der Waals surface area contributed by atoms with Gasteiger partial charge < -0.3 is 15.7 Å². The van der Waals surface area contributed by atoms with Crippen LogP contribution in [0.25, 0.3) is 0 Å². The van der Waals surface area contributed by atoms with Gasteiger partial charge in [0.1, 0.15) is 0 Å². The minimum absolute atomic E-state index is 0.00437. The Hall–Kier alpha value is -1.36. The molecule has 2 atom stereocenters. The van der Waals surface area contributed by atoms with Crippen molar-refractivity contribution in [3.05, 3.63) is 11.1 Å². The number of carbonyl (C=O) groups is 2. The average Bonchev–Trinajstić information content (AvgIpc) is 2.25. The quantitative estimate of drug-likeness (QED) is 0.608. The summed E-state index contributed by atoms with van der Waals surface area (Å²) in [5.74, 6) is -1.07. The Kier molecular flexibility index (Phi) is 6.02. The number of nitrogens with one attached hydrogen (secondary N) is 2. The van der Waals surface area contributed by atoms with E-state index in [-0.39, 0.29) is 17.9 Å². The van der Waals surface area contributed by atoms with E-state index in [0.29, 0.717) is 6.42 Å². The van der Waals surface area contributed by atoms with Gasteiger partial charge in [-0.1, -0.05) is 13.3 Å². The molecule has 1 rings (SSSR count). The van der Waals surface area contributed by atoms with E-state index in [4.69, 9.17) is 5.11 Å². The van der Waals surface area contributed by atoms with E-state index in [1.54, 1.807) is 6.92 Å². The molecule has 1 aliphatic heterocycles. The number of carboxylic acids is 1. The maximum absolute atomic E-state index is 11.9. The van der Waals surface area contributed by atoms with Gasteiger partial charge in [-0.15, -0.1) is 0 Å². The molecule has 1 saturated heterocycles. The van der Waals surface area contributed by atoms with Gasteiger partial charge in [0.15, 0.2) is 0 Å². The lowest BCUT2D eigenvalue weighted by Crippen LogP contribution is -2.39. The summed E-state index contributed by atoms with van der Waals surface area (Å²) in [6.07, 6.45) is 2.27. The highest BCUT2D eigenvalue weighted by molar-refractivity contribution is 5.94. The molecule has 0 aromatic rings. The maximum atomic E-state index is 11.9. The van der Waals surface area contributed by atoms with Crippen molar-refractivity contribution in [1.82, 2.24) is 10.6 Å². The Balaban J connectivity index is 2.25. The van der Waals surface area contributed by atoms with Crippen LogP contribution in [0.1, 0.15) is 40.0 Å². The van der Waals surface area contributed by atoms with Gasteiger partial charge in [0.05, 0.1) is 5.92 Å². The van der Waals surface area contributed by atoms with Crippen LogP contribution < -0.4 is 10.6 Å². The van der Waals surface area contributed by atoms with Gasteiger partial charge >= 0.3 is 5.97 Å². The zero-order chi connectivity index (χ0) is 14.4. The fourth-order valence-electron chi connectivity index (χ4n) is 1.93. The lowest BCUT2D eigenvalue weighted by molar-refractivity contribution is -0.141. The van der Waals surface area contributed by atoms with E-state index in [0.717, 1.165) is 31.5 Å². The van der Waals surface area contributed by atoms with Crippen LogP contribution in [0.5, 0.6) is 0 Å². The van der Waals surface area contributed by atoms with Crippen molar-refractivity contribution in [3.8, 4) is 0 Å². The summed E-state index contributed by atoms with van der Waals surface area (Å²) in [7, 11) is 0. The SMILES string of the molecule is CC(C(=O)NC(C)CCCC(C)C(=O)O)=C1CNC1. The summed E-state index contributed by atoms with van der Waals surface area (Å²) in [5, 5.41) is 14.9. The highest BCUT2D eigenvalue weighted by Crippen LogP contribution is 2.12. The molecule has 0 saturated carbocycles. The van der Waals surface area contributed by atoms with Crippen LogP contribution in [0.15, 0.2) is 11.1 Å². The van der Waals surface area contributed by atoms with Crippen molar-refractivity contribution in [2.45, 2.75) is 46.1 Å². The first kappa shape index (κ1) is 15.7. The fraction of sp³-hybridized carbons (Fsp3) is 0.714. The summed E-state index contributed by atoms with van der Waals surface area (Å²) < 4.78 is 0. The zero-order valence-electron chi connectivity index (χ0n) is 12.0. The molecular weight excluding hydrogens is 244 g/mol. The largest absolute Gasteiger partial charge is 0.481 e. The fourth-order valence-corrected chi connectivity index (χ4v) is 1.93. The highest BCUT2D eigenvalue weighted by Gasteiger charge is 2.17. The number of rotatable bonds is 7. The van der Waals surface area contributed by atoms with Gasteiger partial charge in [-0.2, -0.15) is 0 Å². The summed E-state index contributed by atoms with van der Waals surface area (Å²) in [6.45, 7) is 7.14. The van der Waals surface area contributed by atoms with Crippen LogP contribution in [0.2, 0.25) is 0 Å². The molecule has 0 bridgehead atoms. The predicted molar refractivity (Wildman–Crippen MR) is 73.8 cm³/mol. The summed E-state index contributed by atoms with van der Waals surface area (Å²) in [5.41, 5.74) is 1.98. The van der Waals surface area contributed by atoms with Gasteiger partial charge in [-0.3, -0.25) is 9.59 Å². The smallest absolute Gasteiger partial charge is 0.306 e. The van der Waals surface area contributed by atoms with Crippen LogP contribution in [0.3, 0.4) is 0 Å². The van der Waals surface area contributed by atoms with Gasteiger partial charge in [0.25, 0.3) is 0 Å². The van der Waals surface area contributed by atoms with Crippen LogP contribution in [-0.2, 0) is 9.59 Å². The van der Waals surface area contributed by atoms with E-state index in [1.165, 1.54) is 5.57 Å². The van der Waals surface area contributed by atoms with Crippen LogP contribution in [-0.4, -0.2) is 36.1 Å². The van der Waals surface area contributed by atoms with Crippen molar-refractivity contribution < 1.29 is 14.7 Å². The lowest BCUT2D eigenvalue weighted by Gasteiger charge is -2.22. The molecule has 5 heteroatoms. The molecule has 108 valence electrons. The standard InChI is InChI=1S/C14H24N2O3/c1-9(14(18)19)5-4-6-10(2)16-13(17)11(3)12-7-15-8-12/h9-10,15H,4-8H2,1-3H3,(H,16,17)(H,18,19). The van der Waals surface area contributed by atoms with E-state index >= 15 is 0 Å². The molecule has 1 fully saturated rings. The minimum atomic E-state index is -0.755. The number of carboxylic acid groups (broad SMARTS) is 1. The normalized spacial score (nSPS) is 17.3. The van der Waals surface area contributed by atoms with Gasteiger partial charge in [0.2, 0.25) is 5.91 Å². The van der Waals surface area contributed by atoms with Crippen LogP contribution >= 0.6 is 0 Å². The Labute approximate surface area is 114 Å². The second-order valence-electron chi connectivity index (χ2n) is 5.38. The molecule has 3 N–H and O–H groups in total. The molecular formula is C14H24N2O3. The van der Waals surface area contributed by atoms with E-state index in [9.17, 15) is 9.59 Å². The topological polar surface area (TPSA) is 78.4 Å². The number of hydrogen-bond acceptors (Lipinski definition) is 3. The third kappa shape index (κ3) is 5.03. The second-order valence-corrected chi connectivity index (χ2v) is 5.38. The van der Waals surface area contributed by atoms with Crippen molar-refractivity contribution in [2.24, 2.45) is 5.92 Å². The lowest BCUT2D eigenvalue weighted by atomic mass is 10.0. The third-order valence-electron chi connectivity index (χ3n) is 3.62. The Morgan fingerprint density at radius 2 is 1.95 bits per heavy atom. The molecule has 1 aliphatic rings. The van der Waals surface area contributed by atoms with E-state index < -0.39 is 5.97 Å². The maximum Gasteiger partial charge on any atom is 0.306 e. The molecule has 0 aromatic heterocycles. The first-order valence-corrected chi connectivity index (χ1v) is 6.84. The Morgan fingerprint density at radius 3 is 2.42 bits per heavy atom. The molecule has 0 spiro atoms. The van der Waals surface area contributed by atoms with E-state index in [1.807, 2.05) is 13.8 Å². The monoisotopic (exact) mass is 268 g/mol. The average molecular weight is 268 g/mol. The van der Waals surface area contributed by atoms with Crippen LogP contribution in [0.4, 0.5) is 0 Å². The van der Waals surface area contributed by atoms with Crippen molar-refractivity contribution >= 4 is 11.9 Å². The molecule has 0 radical (unpaired) electrons. The van der Waals surface area contributed by atoms with E-state index in [2.05, 4.69) is 10.6 Å². The molecule has 1 amide bonds. The number of aliphatic carboxylic acids is 1. The number of hydrogen-bond donors (Lipinski definition) is 3. The molecule has 19 heavy (non-hydrogen) atoms. The zero-order valence-corrected chi connectivity index (χ0v) is 12.0.